The lowest BCUT2D eigenvalue weighted by atomic mass is 10.2. The Balaban J connectivity index is 2.06. The molecule has 20 heavy (non-hydrogen) atoms. The van der Waals surface area contributed by atoms with Crippen molar-refractivity contribution < 1.29 is 13.2 Å². The maximum atomic E-state index is 12.3. The quantitative estimate of drug-likeness (QED) is 0.841. The van der Waals surface area contributed by atoms with Crippen molar-refractivity contribution in [1.82, 2.24) is 4.31 Å². The first-order chi connectivity index (χ1) is 9.38. The van der Waals surface area contributed by atoms with E-state index in [0.717, 1.165) is 12.8 Å². The second kappa shape index (κ2) is 6.30. The number of rotatable bonds is 5. The molecule has 1 atom stereocenters. The van der Waals surface area contributed by atoms with E-state index in [2.05, 4.69) is 0 Å². The highest BCUT2D eigenvalue weighted by Crippen LogP contribution is 2.22. The lowest BCUT2D eigenvalue weighted by molar-refractivity contribution is 0.126. The predicted molar refractivity (Wildman–Crippen MR) is 80.1 cm³/mol. The summed E-state index contributed by atoms with van der Waals surface area (Å²) in [6.45, 7) is 0.851. The fraction of sp³-hybridized carbons (Fsp3) is 0.538. The number of nitrogens with two attached hydrogens (primary N) is 1. The van der Waals surface area contributed by atoms with Crippen LogP contribution < -0.4 is 5.73 Å². The molecule has 0 saturated carbocycles. The summed E-state index contributed by atoms with van der Waals surface area (Å²) in [6, 6.07) is 5.06. The van der Waals surface area contributed by atoms with Gasteiger partial charge in [-0.15, -0.1) is 0 Å². The van der Waals surface area contributed by atoms with Crippen LogP contribution in [0.2, 0.25) is 5.02 Å². The first kappa shape index (κ1) is 15.6. The number of sulfonamides is 1. The van der Waals surface area contributed by atoms with Gasteiger partial charge in [0.2, 0.25) is 10.0 Å². The average Bonchev–Trinajstić information content (AvgIpc) is 2.85. The van der Waals surface area contributed by atoms with Crippen LogP contribution in [0.1, 0.15) is 18.4 Å². The molecule has 1 unspecified atom stereocenters. The zero-order valence-corrected chi connectivity index (χ0v) is 13.0. The molecule has 0 aromatic heterocycles. The molecule has 1 saturated heterocycles. The molecule has 0 spiro atoms. The highest BCUT2D eigenvalue weighted by atomic mass is 35.5. The molecule has 2 N–H and O–H groups in total. The zero-order chi connectivity index (χ0) is 14.8. The summed E-state index contributed by atoms with van der Waals surface area (Å²) in [6.07, 6.45) is 1.52. The van der Waals surface area contributed by atoms with Gasteiger partial charge in [0, 0.05) is 30.9 Å². The van der Waals surface area contributed by atoms with E-state index in [9.17, 15) is 8.42 Å². The first-order valence-electron chi connectivity index (χ1n) is 6.48. The third-order valence-corrected chi connectivity index (χ3v) is 5.60. The Bertz CT molecular complexity index is 571. The third-order valence-electron chi connectivity index (χ3n) is 3.36. The summed E-state index contributed by atoms with van der Waals surface area (Å²) in [5.41, 5.74) is 6.96. The van der Waals surface area contributed by atoms with Crippen LogP contribution in [-0.2, 0) is 21.3 Å². The Hall–Kier alpha value is -0.820. The van der Waals surface area contributed by atoms with Gasteiger partial charge in [0.05, 0.1) is 11.9 Å². The summed E-state index contributed by atoms with van der Waals surface area (Å²) in [4.78, 5) is 0. The maximum Gasteiger partial charge on any atom is 0.216 e. The molecule has 1 aromatic carbocycles. The van der Waals surface area contributed by atoms with Crippen molar-refractivity contribution in [2.75, 3.05) is 25.1 Å². The smallest absolute Gasteiger partial charge is 0.216 e. The van der Waals surface area contributed by atoms with Crippen molar-refractivity contribution in [2.45, 2.75) is 25.5 Å². The van der Waals surface area contributed by atoms with Crippen molar-refractivity contribution in [3.8, 4) is 0 Å². The van der Waals surface area contributed by atoms with Crippen molar-refractivity contribution in [2.24, 2.45) is 0 Å². The molecule has 112 valence electrons. The van der Waals surface area contributed by atoms with Crippen molar-refractivity contribution in [1.29, 1.82) is 0 Å². The molecule has 1 aromatic rings. The first-order valence-corrected chi connectivity index (χ1v) is 8.47. The van der Waals surface area contributed by atoms with E-state index in [-0.39, 0.29) is 18.4 Å². The van der Waals surface area contributed by atoms with Gasteiger partial charge >= 0.3 is 0 Å². The average molecular weight is 319 g/mol. The predicted octanol–water partition coefficient (Wildman–Crippen LogP) is 1.86. The van der Waals surface area contributed by atoms with E-state index < -0.39 is 10.0 Å². The number of benzene rings is 1. The van der Waals surface area contributed by atoms with Gasteiger partial charge in [0.1, 0.15) is 0 Å². The highest BCUT2D eigenvalue weighted by Gasteiger charge is 2.26. The van der Waals surface area contributed by atoms with Gasteiger partial charge in [-0.2, -0.15) is 0 Å². The third kappa shape index (κ3) is 3.85. The summed E-state index contributed by atoms with van der Waals surface area (Å²) in [7, 11) is -1.82. The minimum absolute atomic E-state index is 0.0173. The molecule has 0 bridgehead atoms. The normalized spacial score (nSPS) is 19.6. The van der Waals surface area contributed by atoms with E-state index in [0.29, 0.717) is 22.9 Å². The van der Waals surface area contributed by atoms with E-state index in [1.807, 2.05) is 0 Å². The van der Waals surface area contributed by atoms with Crippen LogP contribution >= 0.6 is 11.6 Å². The van der Waals surface area contributed by atoms with Crippen LogP contribution in [0.5, 0.6) is 0 Å². The Morgan fingerprint density at radius 3 is 2.90 bits per heavy atom. The Labute approximate surface area is 124 Å². The number of nitrogens with zero attached hydrogens (tertiary/aromatic N) is 1. The van der Waals surface area contributed by atoms with Gasteiger partial charge in [-0.25, -0.2) is 12.7 Å². The van der Waals surface area contributed by atoms with Crippen LogP contribution in [0.3, 0.4) is 0 Å². The molecule has 1 heterocycles. The molecule has 1 aliphatic rings. The van der Waals surface area contributed by atoms with Crippen LogP contribution in [0.25, 0.3) is 0 Å². The van der Waals surface area contributed by atoms with Crippen molar-refractivity contribution >= 4 is 27.3 Å². The standard InChI is InChI=1S/C13H19ClN2O3S/c1-16(8-10-7-11(15)4-5-13(10)14)20(17,18)9-12-3-2-6-19-12/h4-5,7,12H,2-3,6,8-9,15H2,1H3. The van der Waals surface area contributed by atoms with Crippen molar-refractivity contribution in [3.05, 3.63) is 28.8 Å². The molecule has 0 aliphatic carbocycles. The second-order valence-electron chi connectivity index (χ2n) is 5.02. The van der Waals surface area contributed by atoms with Crippen LogP contribution in [0.15, 0.2) is 18.2 Å². The van der Waals surface area contributed by atoms with Gasteiger partial charge in [-0.1, -0.05) is 11.6 Å². The summed E-state index contributed by atoms with van der Waals surface area (Å²) < 4.78 is 31.2. The van der Waals surface area contributed by atoms with Gasteiger partial charge < -0.3 is 10.5 Å². The number of ether oxygens (including phenoxy) is 1. The number of hydrogen-bond acceptors (Lipinski definition) is 4. The Kier molecular flexibility index (Phi) is 4.90. The van der Waals surface area contributed by atoms with E-state index in [1.165, 1.54) is 4.31 Å². The van der Waals surface area contributed by atoms with Gasteiger partial charge in [0.15, 0.2) is 0 Å². The van der Waals surface area contributed by atoms with Crippen LogP contribution in [0, 0.1) is 0 Å². The van der Waals surface area contributed by atoms with Gasteiger partial charge in [-0.3, -0.25) is 0 Å². The van der Waals surface area contributed by atoms with E-state index >= 15 is 0 Å². The molecule has 5 nitrogen and oxygen atoms in total. The maximum absolute atomic E-state index is 12.3. The lowest BCUT2D eigenvalue weighted by Crippen LogP contribution is -2.33. The van der Waals surface area contributed by atoms with Gasteiger partial charge in [-0.05, 0) is 36.6 Å². The number of hydrogen-bond donors (Lipinski definition) is 1. The zero-order valence-electron chi connectivity index (χ0n) is 11.4. The molecular weight excluding hydrogens is 300 g/mol. The van der Waals surface area contributed by atoms with Crippen molar-refractivity contribution in [3.63, 3.8) is 0 Å². The molecule has 1 fully saturated rings. The van der Waals surface area contributed by atoms with E-state index in [1.54, 1.807) is 25.2 Å². The monoisotopic (exact) mass is 318 g/mol. The largest absolute Gasteiger partial charge is 0.399 e. The highest BCUT2D eigenvalue weighted by molar-refractivity contribution is 7.89. The van der Waals surface area contributed by atoms with E-state index in [4.69, 9.17) is 22.1 Å². The second-order valence-corrected chi connectivity index (χ2v) is 7.55. The minimum Gasteiger partial charge on any atom is -0.399 e. The molecule has 7 heteroatoms. The Morgan fingerprint density at radius 2 is 2.25 bits per heavy atom. The fourth-order valence-corrected chi connectivity index (χ4v) is 3.69. The number of nitrogen functional groups attached to an aromatic ring is 1. The van der Waals surface area contributed by atoms with Crippen LogP contribution in [0.4, 0.5) is 5.69 Å². The Morgan fingerprint density at radius 1 is 1.50 bits per heavy atom. The SMILES string of the molecule is CN(Cc1cc(N)ccc1Cl)S(=O)(=O)CC1CCCO1. The molecule has 0 amide bonds. The summed E-state index contributed by atoms with van der Waals surface area (Å²) >= 11 is 6.06. The van der Waals surface area contributed by atoms with Crippen LogP contribution in [-0.4, -0.2) is 38.2 Å². The number of halogens is 1. The fourth-order valence-electron chi connectivity index (χ4n) is 2.19. The summed E-state index contributed by atoms with van der Waals surface area (Å²) in [5, 5.41) is 0.512. The molecular formula is C13H19ClN2O3S. The van der Waals surface area contributed by atoms with Gasteiger partial charge in [0.25, 0.3) is 0 Å². The molecule has 2 rings (SSSR count). The topological polar surface area (TPSA) is 72.6 Å². The molecule has 0 radical (unpaired) electrons. The number of anilines is 1. The summed E-state index contributed by atoms with van der Waals surface area (Å²) in [5.74, 6) is 0.0173. The minimum atomic E-state index is -3.36. The molecule has 1 aliphatic heterocycles. The lowest BCUT2D eigenvalue weighted by Gasteiger charge is -2.20.